The predicted molar refractivity (Wildman–Crippen MR) is 127 cm³/mol. The quantitative estimate of drug-likeness (QED) is 0.310. The van der Waals surface area contributed by atoms with E-state index in [2.05, 4.69) is 16.8 Å². The standard InChI is InChI=1S/C26H24F3N5O/c1-16(30)34-21-8-4-6-19(27)22(21)23(32-24(34)31)33-13-14-35-15-18-17(5-3-7-20(18)33)9-10-26(11-12-26)25(2,28)29/h3-8,30-31H,11-15H2,1-2H3. The summed E-state index contributed by atoms with van der Waals surface area (Å²) in [7, 11) is 0. The highest BCUT2D eigenvalue weighted by molar-refractivity contribution is 5.98. The number of alkyl halides is 2. The molecule has 0 atom stereocenters. The number of nitrogens with one attached hydrogen (secondary N) is 2. The van der Waals surface area contributed by atoms with Gasteiger partial charge >= 0.3 is 0 Å². The molecule has 35 heavy (non-hydrogen) atoms. The maximum absolute atomic E-state index is 15.2. The molecule has 180 valence electrons. The van der Waals surface area contributed by atoms with Crippen molar-refractivity contribution in [3.63, 3.8) is 0 Å². The molecule has 1 saturated carbocycles. The highest BCUT2D eigenvalue weighted by Crippen LogP contribution is 2.56. The van der Waals surface area contributed by atoms with Gasteiger partial charge in [0, 0.05) is 30.3 Å². The predicted octanol–water partition coefficient (Wildman–Crippen LogP) is 4.96. The molecule has 0 bridgehead atoms. The van der Waals surface area contributed by atoms with Gasteiger partial charge < -0.3 is 9.64 Å². The van der Waals surface area contributed by atoms with E-state index < -0.39 is 17.2 Å². The van der Waals surface area contributed by atoms with Gasteiger partial charge in [-0.25, -0.2) is 13.2 Å². The van der Waals surface area contributed by atoms with Crippen LogP contribution in [0.5, 0.6) is 0 Å². The SMILES string of the molecule is CC(=N)n1c(=N)nc(N2CCOCc3c(C#CC4(C(C)(F)F)CC4)cccc32)c2c(F)cccc21. The van der Waals surface area contributed by atoms with Crippen molar-refractivity contribution in [2.75, 3.05) is 18.1 Å². The Kier molecular flexibility index (Phi) is 5.44. The van der Waals surface area contributed by atoms with Crippen LogP contribution in [-0.4, -0.2) is 34.5 Å². The van der Waals surface area contributed by atoms with Crippen molar-refractivity contribution in [2.24, 2.45) is 5.41 Å². The maximum Gasteiger partial charge on any atom is 0.261 e. The van der Waals surface area contributed by atoms with E-state index in [9.17, 15) is 8.78 Å². The molecule has 0 unspecified atom stereocenters. The summed E-state index contributed by atoms with van der Waals surface area (Å²) in [6.45, 7) is 3.28. The summed E-state index contributed by atoms with van der Waals surface area (Å²) in [6, 6.07) is 9.87. The maximum atomic E-state index is 15.2. The molecule has 1 aliphatic heterocycles. The lowest BCUT2D eigenvalue weighted by atomic mass is 9.98. The second kappa shape index (κ2) is 8.24. The number of aromatic nitrogens is 2. The number of hydrogen-bond acceptors (Lipinski definition) is 5. The van der Waals surface area contributed by atoms with E-state index in [0.717, 1.165) is 6.92 Å². The third-order valence-corrected chi connectivity index (χ3v) is 6.65. The van der Waals surface area contributed by atoms with Crippen LogP contribution in [0.1, 0.15) is 37.8 Å². The Balaban J connectivity index is 1.70. The molecule has 6 nitrogen and oxygen atoms in total. The number of ether oxygens (including phenoxy) is 1. The van der Waals surface area contributed by atoms with Crippen LogP contribution in [0, 0.1) is 33.9 Å². The zero-order valence-electron chi connectivity index (χ0n) is 19.4. The smallest absolute Gasteiger partial charge is 0.261 e. The molecule has 2 aliphatic rings. The van der Waals surface area contributed by atoms with Gasteiger partial charge in [0.1, 0.15) is 17.5 Å². The topological polar surface area (TPSA) is 78.0 Å². The largest absolute Gasteiger partial charge is 0.375 e. The molecule has 1 fully saturated rings. The van der Waals surface area contributed by atoms with Crippen molar-refractivity contribution in [1.29, 1.82) is 10.8 Å². The van der Waals surface area contributed by atoms with Crippen LogP contribution in [-0.2, 0) is 11.3 Å². The molecule has 2 aromatic carbocycles. The first-order chi connectivity index (χ1) is 16.6. The number of rotatable bonds is 2. The van der Waals surface area contributed by atoms with E-state index in [0.29, 0.717) is 48.3 Å². The van der Waals surface area contributed by atoms with Crippen LogP contribution < -0.4 is 10.5 Å². The van der Waals surface area contributed by atoms with Crippen LogP contribution in [0.4, 0.5) is 24.7 Å². The summed E-state index contributed by atoms with van der Waals surface area (Å²) in [4.78, 5) is 6.17. The molecular weight excluding hydrogens is 455 g/mol. The lowest BCUT2D eigenvalue weighted by molar-refractivity contribution is -0.0294. The van der Waals surface area contributed by atoms with Crippen molar-refractivity contribution in [2.45, 2.75) is 39.2 Å². The van der Waals surface area contributed by atoms with Crippen molar-refractivity contribution in [3.05, 3.63) is 59.0 Å². The third-order valence-electron chi connectivity index (χ3n) is 6.65. The minimum atomic E-state index is -2.88. The number of anilines is 2. The average molecular weight is 480 g/mol. The molecule has 2 heterocycles. The first-order valence-corrected chi connectivity index (χ1v) is 11.3. The molecule has 0 saturated heterocycles. The normalized spacial score (nSPS) is 16.8. The molecule has 0 radical (unpaired) electrons. The lowest BCUT2D eigenvalue weighted by Crippen LogP contribution is -2.32. The van der Waals surface area contributed by atoms with Gasteiger partial charge in [-0.2, -0.15) is 4.98 Å². The van der Waals surface area contributed by atoms with E-state index in [1.807, 2.05) is 6.07 Å². The summed E-state index contributed by atoms with van der Waals surface area (Å²) in [5, 5.41) is 16.7. The molecule has 1 aromatic heterocycles. The third kappa shape index (κ3) is 3.88. The van der Waals surface area contributed by atoms with Crippen molar-refractivity contribution < 1.29 is 17.9 Å². The molecule has 0 amide bonds. The van der Waals surface area contributed by atoms with E-state index in [1.54, 1.807) is 23.1 Å². The van der Waals surface area contributed by atoms with Gasteiger partial charge in [0.15, 0.2) is 0 Å². The monoisotopic (exact) mass is 479 g/mol. The number of halogens is 3. The Morgan fingerprint density at radius 1 is 1.20 bits per heavy atom. The van der Waals surface area contributed by atoms with Gasteiger partial charge in [-0.05, 0) is 44.0 Å². The number of fused-ring (bicyclic) bond motifs is 2. The zero-order chi connectivity index (χ0) is 25.0. The number of nitrogens with zero attached hydrogens (tertiary/aromatic N) is 3. The minimum Gasteiger partial charge on any atom is -0.375 e. The van der Waals surface area contributed by atoms with Gasteiger partial charge in [-0.3, -0.25) is 15.4 Å². The van der Waals surface area contributed by atoms with Crippen molar-refractivity contribution >= 4 is 28.2 Å². The van der Waals surface area contributed by atoms with E-state index in [1.165, 1.54) is 23.6 Å². The highest BCUT2D eigenvalue weighted by Gasteiger charge is 2.58. The molecule has 0 spiro atoms. The fourth-order valence-corrected chi connectivity index (χ4v) is 4.53. The molecular formula is C26H24F3N5O. The van der Waals surface area contributed by atoms with Crippen molar-refractivity contribution in [3.8, 4) is 11.8 Å². The Morgan fingerprint density at radius 2 is 1.94 bits per heavy atom. The van der Waals surface area contributed by atoms with Gasteiger partial charge in [-0.1, -0.05) is 24.0 Å². The Hall–Kier alpha value is -3.64. The molecule has 3 aromatic rings. The van der Waals surface area contributed by atoms with E-state index in [4.69, 9.17) is 15.6 Å². The molecule has 5 rings (SSSR count). The zero-order valence-corrected chi connectivity index (χ0v) is 19.4. The summed E-state index contributed by atoms with van der Waals surface area (Å²) in [5.74, 6) is 2.65. The number of benzene rings is 2. The summed E-state index contributed by atoms with van der Waals surface area (Å²) in [6.07, 6.45) is 0.720. The van der Waals surface area contributed by atoms with Gasteiger partial charge in [0.2, 0.25) is 5.62 Å². The van der Waals surface area contributed by atoms with Gasteiger partial charge in [-0.15, -0.1) is 0 Å². The fourth-order valence-electron chi connectivity index (χ4n) is 4.53. The Bertz CT molecular complexity index is 1470. The van der Waals surface area contributed by atoms with E-state index in [-0.39, 0.29) is 29.3 Å². The molecule has 1 aliphatic carbocycles. The van der Waals surface area contributed by atoms with Crippen LogP contribution in [0.2, 0.25) is 0 Å². The summed E-state index contributed by atoms with van der Waals surface area (Å²) >= 11 is 0. The van der Waals surface area contributed by atoms with Crippen molar-refractivity contribution in [1.82, 2.24) is 9.55 Å². The minimum absolute atomic E-state index is 0.0449. The summed E-state index contributed by atoms with van der Waals surface area (Å²) < 4.78 is 50.3. The second-order valence-electron chi connectivity index (χ2n) is 9.04. The van der Waals surface area contributed by atoms with Crippen LogP contribution in [0.3, 0.4) is 0 Å². The van der Waals surface area contributed by atoms with Crippen LogP contribution in [0.25, 0.3) is 10.9 Å². The Labute approximate surface area is 200 Å². The average Bonchev–Trinajstić information content (AvgIpc) is 3.61. The number of hydrogen-bond donors (Lipinski definition) is 2. The molecule has 2 N–H and O–H groups in total. The second-order valence-corrected chi connectivity index (χ2v) is 9.04. The van der Waals surface area contributed by atoms with Crippen LogP contribution >= 0.6 is 0 Å². The summed E-state index contributed by atoms with van der Waals surface area (Å²) in [5.41, 5.74) is 0.806. The lowest BCUT2D eigenvalue weighted by Gasteiger charge is -2.26. The first-order valence-electron chi connectivity index (χ1n) is 11.3. The van der Waals surface area contributed by atoms with Gasteiger partial charge in [0.25, 0.3) is 5.92 Å². The highest BCUT2D eigenvalue weighted by atomic mass is 19.3. The first kappa shape index (κ1) is 23.1. The van der Waals surface area contributed by atoms with E-state index >= 15 is 4.39 Å². The van der Waals surface area contributed by atoms with Crippen LogP contribution in [0.15, 0.2) is 36.4 Å². The molecule has 9 heteroatoms. The Morgan fingerprint density at radius 3 is 2.63 bits per heavy atom. The van der Waals surface area contributed by atoms with Gasteiger partial charge in [0.05, 0.1) is 29.5 Å². The fraction of sp³-hybridized carbons (Fsp3) is 0.346.